The summed E-state index contributed by atoms with van der Waals surface area (Å²) in [5.74, 6) is -1.97. The van der Waals surface area contributed by atoms with Crippen LogP contribution in [0, 0.1) is 11.6 Å². The van der Waals surface area contributed by atoms with Gasteiger partial charge in [0.05, 0.1) is 0 Å². The maximum absolute atomic E-state index is 13.8. The van der Waals surface area contributed by atoms with Gasteiger partial charge in [-0.05, 0) is 18.7 Å². The molecule has 1 aromatic carbocycles. The lowest BCUT2D eigenvalue weighted by molar-refractivity contribution is -0.135. The lowest BCUT2D eigenvalue weighted by Crippen LogP contribution is -2.51. The Balaban J connectivity index is 1.68. The molecule has 1 radical (unpaired) electrons. The van der Waals surface area contributed by atoms with Crippen LogP contribution in [0.5, 0.6) is 0 Å². The van der Waals surface area contributed by atoms with Gasteiger partial charge < -0.3 is 14.5 Å². The summed E-state index contributed by atoms with van der Waals surface area (Å²) in [7, 11) is 2.00. The summed E-state index contributed by atoms with van der Waals surface area (Å²) >= 11 is 0. The highest BCUT2D eigenvalue weighted by Gasteiger charge is 2.37. The largest absolute Gasteiger partial charge is 0.468 e. The van der Waals surface area contributed by atoms with Crippen molar-refractivity contribution in [3.8, 4) is 0 Å². The van der Waals surface area contributed by atoms with Crippen molar-refractivity contribution in [1.82, 2.24) is 9.80 Å². The number of rotatable bonds is 3. The van der Waals surface area contributed by atoms with Crippen LogP contribution in [0.1, 0.15) is 5.56 Å². The van der Waals surface area contributed by atoms with Gasteiger partial charge in [0.25, 0.3) is 12.3 Å². The molecule has 2 aliphatic rings. The van der Waals surface area contributed by atoms with Crippen molar-refractivity contribution >= 4 is 12.3 Å². The van der Waals surface area contributed by atoms with E-state index in [0.717, 1.165) is 19.2 Å². The van der Waals surface area contributed by atoms with Crippen LogP contribution in [0.2, 0.25) is 0 Å². The van der Waals surface area contributed by atoms with Crippen molar-refractivity contribution in [3.05, 3.63) is 35.4 Å². The molecular weight excluding hydrogens is 304 g/mol. The Kier molecular flexibility index (Phi) is 4.56. The van der Waals surface area contributed by atoms with Gasteiger partial charge in [-0.3, -0.25) is 4.79 Å². The number of piperazine rings is 1. The molecular formula is C16H18F2N3O2. The van der Waals surface area contributed by atoms with Crippen molar-refractivity contribution in [1.29, 1.82) is 0 Å². The first kappa shape index (κ1) is 15.9. The second kappa shape index (κ2) is 6.62. The Labute approximate surface area is 133 Å². The third-order valence-corrected chi connectivity index (χ3v) is 4.27. The first-order valence-corrected chi connectivity index (χ1v) is 7.57. The minimum Gasteiger partial charge on any atom is -0.468 e. The molecule has 2 atom stereocenters. The van der Waals surface area contributed by atoms with E-state index in [0.29, 0.717) is 13.1 Å². The van der Waals surface area contributed by atoms with Gasteiger partial charge in [-0.25, -0.2) is 13.8 Å². The number of aliphatic imine (C=N–C) groups is 1. The molecule has 1 aromatic rings. The van der Waals surface area contributed by atoms with E-state index in [1.54, 1.807) is 4.90 Å². The van der Waals surface area contributed by atoms with Crippen LogP contribution < -0.4 is 0 Å². The number of hydrogen-bond acceptors (Lipinski definition) is 4. The third-order valence-electron chi connectivity index (χ3n) is 4.27. The van der Waals surface area contributed by atoms with Gasteiger partial charge in [-0.15, -0.1) is 0 Å². The number of amides is 1. The van der Waals surface area contributed by atoms with Gasteiger partial charge in [0.1, 0.15) is 6.10 Å². The lowest BCUT2D eigenvalue weighted by Gasteiger charge is -2.34. The fourth-order valence-corrected chi connectivity index (χ4v) is 2.81. The Morgan fingerprint density at radius 3 is 2.83 bits per heavy atom. The molecule has 2 aliphatic heterocycles. The van der Waals surface area contributed by atoms with Crippen LogP contribution in [-0.2, 0) is 16.0 Å². The molecule has 0 bridgehead atoms. The Bertz CT molecular complexity index is 615. The molecule has 0 saturated carbocycles. The number of benzene rings is 1. The summed E-state index contributed by atoms with van der Waals surface area (Å²) in [6.07, 6.45) is 1.78. The van der Waals surface area contributed by atoms with E-state index in [2.05, 4.69) is 16.3 Å². The van der Waals surface area contributed by atoms with Gasteiger partial charge in [-0.1, -0.05) is 12.1 Å². The zero-order valence-corrected chi connectivity index (χ0v) is 12.8. The molecule has 3 rings (SSSR count). The van der Waals surface area contributed by atoms with Crippen molar-refractivity contribution in [3.63, 3.8) is 0 Å². The van der Waals surface area contributed by atoms with Crippen molar-refractivity contribution in [2.45, 2.75) is 18.6 Å². The van der Waals surface area contributed by atoms with Crippen LogP contribution >= 0.6 is 0 Å². The van der Waals surface area contributed by atoms with E-state index in [1.807, 2.05) is 7.05 Å². The summed E-state index contributed by atoms with van der Waals surface area (Å²) < 4.78 is 32.3. The third kappa shape index (κ3) is 3.34. The summed E-state index contributed by atoms with van der Waals surface area (Å²) in [5.41, 5.74) is 0.171. The Hall–Kier alpha value is -2.02. The van der Waals surface area contributed by atoms with Gasteiger partial charge in [0.2, 0.25) is 0 Å². The predicted molar refractivity (Wildman–Crippen MR) is 80.2 cm³/mol. The van der Waals surface area contributed by atoms with Gasteiger partial charge in [0, 0.05) is 32.6 Å². The van der Waals surface area contributed by atoms with Gasteiger partial charge in [0.15, 0.2) is 17.7 Å². The normalized spacial score (nSPS) is 24.7. The molecule has 2 unspecified atom stereocenters. The number of halogens is 2. The fourth-order valence-electron chi connectivity index (χ4n) is 2.81. The monoisotopic (exact) mass is 322 g/mol. The predicted octanol–water partition coefficient (Wildman–Crippen LogP) is 0.954. The van der Waals surface area contributed by atoms with Crippen molar-refractivity contribution in [2.75, 3.05) is 33.2 Å². The van der Waals surface area contributed by atoms with Crippen molar-refractivity contribution in [2.24, 2.45) is 4.99 Å². The highest BCUT2D eigenvalue weighted by atomic mass is 19.2. The average Bonchev–Trinajstić information content (AvgIpc) is 3.00. The molecule has 7 heteroatoms. The molecule has 23 heavy (non-hydrogen) atoms. The number of carbonyl (C=O) groups excluding carboxylic acids is 1. The zero-order chi connectivity index (χ0) is 16.4. The standard InChI is InChI=1S/C16H18F2N3O2/c1-20-5-7-21(8-6-20)16(22)15-13(23-10-19-15)9-11-3-2-4-12(17)14(11)18/h2-4,13,15H,5-9H2,1H3. The first-order valence-electron chi connectivity index (χ1n) is 7.57. The molecule has 1 amide bonds. The first-order chi connectivity index (χ1) is 11.1. The van der Waals surface area contributed by atoms with Crippen LogP contribution in [0.25, 0.3) is 0 Å². The minimum absolute atomic E-state index is 0.0737. The molecule has 1 saturated heterocycles. The molecule has 2 heterocycles. The number of hydrogen-bond donors (Lipinski definition) is 0. The number of carbonyl (C=O) groups is 1. The maximum Gasteiger partial charge on any atom is 0.274 e. The summed E-state index contributed by atoms with van der Waals surface area (Å²) in [5, 5.41) is 0. The van der Waals surface area contributed by atoms with Crippen LogP contribution in [0.3, 0.4) is 0 Å². The lowest BCUT2D eigenvalue weighted by atomic mass is 10.0. The minimum atomic E-state index is -0.910. The topological polar surface area (TPSA) is 45.1 Å². The summed E-state index contributed by atoms with van der Waals surface area (Å²) in [6, 6.07) is 3.23. The van der Waals surface area contributed by atoms with Crippen LogP contribution in [-0.4, -0.2) is 67.5 Å². The maximum atomic E-state index is 13.8. The molecule has 5 nitrogen and oxygen atoms in total. The zero-order valence-electron chi connectivity index (χ0n) is 12.8. The van der Waals surface area contributed by atoms with E-state index >= 15 is 0 Å². The van der Waals surface area contributed by atoms with Crippen LogP contribution in [0.4, 0.5) is 8.78 Å². The number of ether oxygens (including phenoxy) is 1. The van der Waals surface area contributed by atoms with Crippen LogP contribution in [0.15, 0.2) is 23.2 Å². The van der Waals surface area contributed by atoms with E-state index in [1.165, 1.54) is 12.1 Å². The van der Waals surface area contributed by atoms with E-state index < -0.39 is 23.8 Å². The SMILES string of the molecule is CN1CCN(C(=O)C2N=[C]OC2Cc2cccc(F)c2F)CC1. The quantitative estimate of drug-likeness (QED) is 0.832. The molecule has 0 spiro atoms. The highest BCUT2D eigenvalue weighted by molar-refractivity contribution is 5.85. The van der Waals surface area contributed by atoms with Gasteiger partial charge in [-0.2, -0.15) is 0 Å². The second-order valence-electron chi connectivity index (χ2n) is 5.87. The molecule has 0 aliphatic carbocycles. The molecule has 0 aromatic heterocycles. The summed E-state index contributed by atoms with van der Waals surface area (Å²) in [6.45, 7) is 2.86. The number of nitrogens with zero attached hydrogens (tertiary/aromatic N) is 3. The number of likely N-dealkylation sites (N-methyl/N-ethyl adjacent to an activating group) is 1. The van der Waals surface area contributed by atoms with E-state index in [4.69, 9.17) is 4.74 Å². The fraction of sp³-hybridized carbons (Fsp3) is 0.500. The molecule has 123 valence electrons. The van der Waals surface area contributed by atoms with Crippen molar-refractivity contribution < 1.29 is 18.3 Å². The Morgan fingerprint density at radius 1 is 1.35 bits per heavy atom. The Morgan fingerprint density at radius 2 is 2.09 bits per heavy atom. The second-order valence-corrected chi connectivity index (χ2v) is 5.87. The highest BCUT2D eigenvalue weighted by Crippen LogP contribution is 2.21. The molecule has 0 N–H and O–H groups in total. The van der Waals surface area contributed by atoms with E-state index in [9.17, 15) is 13.6 Å². The summed E-state index contributed by atoms with van der Waals surface area (Å²) in [4.78, 5) is 20.4. The van der Waals surface area contributed by atoms with Gasteiger partial charge >= 0.3 is 0 Å². The average molecular weight is 322 g/mol. The molecule has 1 fully saturated rings. The van der Waals surface area contributed by atoms with E-state index in [-0.39, 0.29) is 17.9 Å². The smallest absolute Gasteiger partial charge is 0.274 e.